The molecule has 128 valence electrons. The van der Waals surface area contributed by atoms with Crippen molar-refractivity contribution in [3.63, 3.8) is 0 Å². The number of hydrogen-bond acceptors (Lipinski definition) is 5. The molecule has 0 aromatic carbocycles. The Kier molecular flexibility index (Phi) is 5.34. The normalized spacial score (nSPS) is 18.2. The van der Waals surface area contributed by atoms with Crippen molar-refractivity contribution in [2.45, 2.75) is 39.7 Å². The van der Waals surface area contributed by atoms with E-state index in [4.69, 9.17) is 16.3 Å². The van der Waals surface area contributed by atoms with Gasteiger partial charge in [-0.15, -0.1) is 0 Å². The molecule has 2 rings (SSSR count). The van der Waals surface area contributed by atoms with E-state index in [0.717, 1.165) is 25.2 Å². The van der Waals surface area contributed by atoms with Crippen molar-refractivity contribution in [1.82, 2.24) is 14.9 Å². The molecule has 0 N–H and O–H groups in total. The van der Waals surface area contributed by atoms with Crippen molar-refractivity contribution in [2.75, 3.05) is 31.6 Å². The molecule has 23 heavy (non-hydrogen) atoms. The lowest BCUT2D eigenvalue weighted by Crippen LogP contribution is -2.36. The number of ether oxygens (including phenoxy) is 1. The van der Waals surface area contributed by atoms with E-state index in [9.17, 15) is 4.79 Å². The molecule has 0 unspecified atom stereocenters. The molecule has 1 atom stereocenters. The van der Waals surface area contributed by atoms with E-state index < -0.39 is 5.60 Å². The quantitative estimate of drug-likeness (QED) is 0.791. The molecular weight excluding hydrogens is 316 g/mol. The Morgan fingerprint density at radius 1 is 1.48 bits per heavy atom. The summed E-state index contributed by atoms with van der Waals surface area (Å²) < 4.78 is 5.42. The number of hydrogen-bond donors (Lipinski definition) is 0. The molecule has 6 nitrogen and oxygen atoms in total. The molecule has 0 radical (unpaired) electrons. The van der Waals surface area contributed by atoms with E-state index in [2.05, 4.69) is 9.97 Å². The first kappa shape index (κ1) is 17.8. The highest BCUT2D eigenvalue weighted by Crippen LogP contribution is 2.22. The molecule has 1 aliphatic rings. The zero-order valence-corrected chi connectivity index (χ0v) is 15.2. The summed E-state index contributed by atoms with van der Waals surface area (Å²) in [5.41, 5.74) is 0.381. The van der Waals surface area contributed by atoms with Crippen LogP contribution in [0.2, 0.25) is 5.15 Å². The summed E-state index contributed by atoms with van der Waals surface area (Å²) in [4.78, 5) is 24.5. The Hall–Kier alpha value is -1.56. The zero-order valence-electron chi connectivity index (χ0n) is 14.5. The van der Waals surface area contributed by atoms with E-state index in [-0.39, 0.29) is 6.09 Å². The smallest absolute Gasteiger partial charge is 0.410 e. The van der Waals surface area contributed by atoms with Crippen molar-refractivity contribution in [3.8, 4) is 0 Å². The van der Waals surface area contributed by atoms with Crippen molar-refractivity contribution in [2.24, 2.45) is 5.92 Å². The maximum atomic E-state index is 12.1. The Bertz CT molecular complexity index is 553. The highest BCUT2D eigenvalue weighted by molar-refractivity contribution is 6.29. The number of likely N-dealkylation sites (tertiary alicyclic amines) is 1. The third-order valence-corrected chi connectivity index (χ3v) is 3.82. The van der Waals surface area contributed by atoms with Crippen LogP contribution in [-0.2, 0) is 4.74 Å². The van der Waals surface area contributed by atoms with Crippen LogP contribution in [-0.4, -0.2) is 53.2 Å². The number of anilines is 1. The van der Waals surface area contributed by atoms with E-state index in [1.54, 1.807) is 11.0 Å². The van der Waals surface area contributed by atoms with Gasteiger partial charge in [0.25, 0.3) is 0 Å². The van der Waals surface area contributed by atoms with Gasteiger partial charge in [-0.2, -0.15) is 0 Å². The SMILES string of the molecule is Cc1cc(Cl)nc(N(C)C[C@H]2CCN(C(=O)OC(C)(C)C)C2)n1. The van der Waals surface area contributed by atoms with Crippen LogP contribution >= 0.6 is 11.6 Å². The highest BCUT2D eigenvalue weighted by Gasteiger charge is 2.30. The molecule has 1 saturated heterocycles. The number of aromatic nitrogens is 2. The number of amides is 1. The monoisotopic (exact) mass is 340 g/mol. The molecular formula is C16H25ClN4O2. The van der Waals surface area contributed by atoms with Gasteiger partial charge in [0.15, 0.2) is 0 Å². The number of rotatable bonds is 3. The third-order valence-electron chi connectivity index (χ3n) is 3.62. The largest absolute Gasteiger partial charge is 0.444 e. The van der Waals surface area contributed by atoms with Gasteiger partial charge in [0.05, 0.1) is 0 Å². The molecule has 0 aliphatic carbocycles. The average Bonchev–Trinajstić information content (AvgIpc) is 2.84. The predicted molar refractivity (Wildman–Crippen MR) is 91.0 cm³/mol. The standard InChI is InChI=1S/C16H25ClN4O2/c1-11-8-13(17)19-14(18-11)20(5)9-12-6-7-21(10-12)15(22)23-16(2,3)4/h8,12H,6-7,9-10H2,1-5H3/t12-/m1/s1. The second-order valence-corrected chi connectivity index (χ2v) is 7.48. The highest BCUT2D eigenvalue weighted by atomic mass is 35.5. The van der Waals surface area contributed by atoms with Gasteiger partial charge in [0.2, 0.25) is 5.95 Å². The summed E-state index contributed by atoms with van der Waals surface area (Å²) in [5.74, 6) is 0.987. The zero-order chi connectivity index (χ0) is 17.2. The lowest BCUT2D eigenvalue weighted by Gasteiger charge is -2.25. The van der Waals surface area contributed by atoms with Crippen LogP contribution in [0.15, 0.2) is 6.07 Å². The van der Waals surface area contributed by atoms with Crippen molar-refractivity contribution < 1.29 is 9.53 Å². The van der Waals surface area contributed by atoms with E-state index >= 15 is 0 Å². The maximum Gasteiger partial charge on any atom is 0.410 e. The maximum absolute atomic E-state index is 12.1. The van der Waals surface area contributed by atoms with Crippen LogP contribution in [0.25, 0.3) is 0 Å². The fourth-order valence-electron chi connectivity index (χ4n) is 2.63. The Morgan fingerprint density at radius 2 is 2.17 bits per heavy atom. The second kappa shape index (κ2) is 6.91. The van der Waals surface area contributed by atoms with Gasteiger partial charge >= 0.3 is 6.09 Å². The van der Waals surface area contributed by atoms with Gasteiger partial charge in [0, 0.05) is 32.4 Å². The van der Waals surface area contributed by atoms with Crippen LogP contribution < -0.4 is 4.90 Å². The number of carbonyl (C=O) groups is 1. The van der Waals surface area contributed by atoms with Gasteiger partial charge in [-0.1, -0.05) is 11.6 Å². The van der Waals surface area contributed by atoms with Gasteiger partial charge in [-0.3, -0.25) is 0 Å². The lowest BCUT2D eigenvalue weighted by atomic mass is 10.1. The number of halogens is 1. The average molecular weight is 341 g/mol. The molecule has 2 heterocycles. The first-order valence-electron chi connectivity index (χ1n) is 7.84. The molecule has 0 saturated carbocycles. The van der Waals surface area contributed by atoms with E-state index in [1.807, 2.05) is 39.6 Å². The number of aryl methyl sites for hydroxylation is 1. The summed E-state index contributed by atoms with van der Waals surface area (Å²) in [6, 6.07) is 1.73. The number of nitrogens with zero attached hydrogens (tertiary/aromatic N) is 4. The molecule has 1 aromatic heterocycles. The summed E-state index contributed by atoms with van der Waals surface area (Å²) in [7, 11) is 1.95. The van der Waals surface area contributed by atoms with Crippen LogP contribution in [0.1, 0.15) is 32.9 Å². The van der Waals surface area contributed by atoms with Gasteiger partial charge in [-0.05, 0) is 46.1 Å². The lowest BCUT2D eigenvalue weighted by molar-refractivity contribution is 0.0288. The molecule has 1 fully saturated rings. The Morgan fingerprint density at radius 3 is 2.78 bits per heavy atom. The van der Waals surface area contributed by atoms with Gasteiger partial charge in [0.1, 0.15) is 10.8 Å². The first-order valence-corrected chi connectivity index (χ1v) is 8.22. The Labute approximate surface area is 142 Å². The van der Waals surface area contributed by atoms with E-state index in [1.165, 1.54) is 0 Å². The molecule has 0 spiro atoms. The molecule has 1 aromatic rings. The fourth-order valence-corrected chi connectivity index (χ4v) is 2.86. The predicted octanol–water partition coefficient (Wildman–Crippen LogP) is 3.13. The summed E-state index contributed by atoms with van der Waals surface area (Å²) in [6.07, 6.45) is 0.709. The van der Waals surface area contributed by atoms with Crippen molar-refractivity contribution >= 4 is 23.6 Å². The molecule has 1 aliphatic heterocycles. The molecule has 7 heteroatoms. The van der Waals surface area contributed by atoms with Crippen molar-refractivity contribution in [3.05, 3.63) is 16.9 Å². The van der Waals surface area contributed by atoms with Crippen LogP contribution in [0, 0.1) is 12.8 Å². The summed E-state index contributed by atoms with van der Waals surface area (Å²) >= 11 is 5.99. The second-order valence-electron chi connectivity index (χ2n) is 7.09. The minimum atomic E-state index is -0.460. The van der Waals surface area contributed by atoms with Gasteiger partial charge in [-0.25, -0.2) is 14.8 Å². The Balaban J connectivity index is 1.91. The van der Waals surface area contributed by atoms with Gasteiger partial charge < -0.3 is 14.5 Å². The topological polar surface area (TPSA) is 58.6 Å². The molecule has 1 amide bonds. The summed E-state index contributed by atoms with van der Waals surface area (Å²) in [6.45, 7) is 9.73. The first-order chi connectivity index (χ1) is 10.6. The van der Waals surface area contributed by atoms with Crippen molar-refractivity contribution in [1.29, 1.82) is 0 Å². The molecule has 0 bridgehead atoms. The van der Waals surface area contributed by atoms with Crippen LogP contribution in [0.3, 0.4) is 0 Å². The third kappa shape index (κ3) is 5.23. The fraction of sp³-hybridized carbons (Fsp3) is 0.688. The number of carbonyl (C=O) groups excluding carboxylic acids is 1. The van der Waals surface area contributed by atoms with E-state index in [0.29, 0.717) is 23.6 Å². The minimum absolute atomic E-state index is 0.238. The summed E-state index contributed by atoms with van der Waals surface area (Å²) in [5, 5.41) is 0.446. The van der Waals surface area contributed by atoms with Crippen LogP contribution in [0.5, 0.6) is 0 Å². The minimum Gasteiger partial charge on any atom is -0.444 e. The van der Waals surface area contributed by atoms with Crippen LogP contribution in [0.4, 0.5) is 10.7 Å².